The van der Waals surface area contributed by atoms with E-state index in [1.807, 2.05) is 26.8 Å². The molecule has 1 aromatic carbocycles. The molecule has 0 unspecified atom stereocenters. The Morgan fingerprint density at radius 2 is 1.78 bits per heavy atom. The minimum Gasteiger partial charge on any atom is -0.455 e. The second kappa shape index (κ2) is 10.9. The van der Waals surface area contributed by atoms with Crippen molar-refractivity contribution < 1.29 is 18.8 Å². The molecule has 9 nitrogen and oxygen atoms in total. The minimum absolute atomic E-state index is 0.0962. The molecular weight excluding hydrogens is 482 g/mol. The van der Waals surface area contributed by atoms with Gasteiger partial charge in [0.2, 0.25) is 0 Å². The summed E-state index contributed by atoms with van der Waals surface area (Å²) in [6, 6.07) is 8.40. The summed E-state index contributed by atoms with van der Waals surface area (Å²) in [5.41, 5.74) is 0.626. The van der Waals surface area contributed by atoms with Gasteiger partial charge in [0.25, 0.3) is 11.8 Å². The molecule has 0 bridgehead atoms. The number of furan rings is 1. The Kier molecular flexibility index (Phi) is 7.90. The molecule has 194 valence electrons. The maximum absolute atomic E-state index is 13.0. The molecule has 4 amide bonds. The molecule has 2 fully saturated rings. The number of amides is 4. The zero-order valence-corrected chi connectivity index (χ0v) is 21.8. The van der Waals surface area contributed by atoms with Crippen LogP contribution in [-0.2, 0) is 6.54 Å². The van der Waals surface area contributed by atoms with Gasteiger partial charge in [-0.2, -0.15) is 0 Å². The van der Waals surface area contributed by atoms with Crippen molar-refractivity contribution in [2.24, 2.45) is 0 Å². The monoisotopic (exact) mass is 515 g/mol. The van der Waals surface area contributed by atoms with Gasteiger partial charge in [-0.3, -0.25) is 14.5 Å². The van der Waals surface area contributed by atoms with Crippen LogP contribution in [0.25, 0.3) is 0 Å². The molecule has 0 atom stereocenters. The Labute approximate surface area is 216 Å². The zero-order valence-electron chi connectivity index (χ0n) is 21.0. The van der Waals surface area contributed by atoms with Gasteiger partial charge < -0.3 is 25.3 Å². The number of piperazine rings is 1. The molecule has 0 radical (unpaired) electrons. The Morgan fingerprint density at radius 3 is 2.39 bits per heavy atom. The first-order valence-corrected chi connectivity index (χ1v) is 12.7. The maximum Gasteiger partial charge on any atom is 0.319 e. The minimum atomic E-state index is -0.335. The van der Waals surface area contributed by atoms with Gasteiger partial charge in [-0.1, -0.05) is 11.6 Å². The molecule has 2 aliphatic rings. The van der Waals surface area contributed by atoms with Crippen LogP contribution in [0.3, 0.4) is 0 Å². The first kappa shape index (κ1) is 26.0. The number of benzene rings is 1. The van der Waals surface area contributed by atoms with Crippen LogP contribution in [-0.4, -0.2) is 65.4 Å². The van der Waals surface area contributed by atoms with E-state index in [9.17, 15) is 14.4 Å². The number of carbonyl (C=O) groups excluding carboxylic acids is 3. The fourth-order valence-electron chi connectivity index (χ4n) is 4.15. The molecule has 1 aliphatic heterocycles. The number of carbonyl (C=O) groups is 3. The average molecular weight is 516 g/mol. The van der Waals surface area contributed by atoms with Crippen LogP contribution in [0.15, 0.2) is 34.7 Å². The van der Waals surface area contributed by atoms with Crippen LogP contribution < -0.4 is 16.0 Å². The Morgan fingerprint density at radius 1 is 1.06 bits per heavy atom. The number of hydrogen-bond donors (Lipinski definition) is 3. The lowest BCUT2D eigenvalue weighted by Gasteiger charge is -2.34. The zero-order chi connectivity index (χ0) is 25.9. The third-order valence-electron chi connectivity index (χ3n) is 6.32. The van der Waals surface area contributed by atoms with Crippen molar-refractivity contribution in [1.82, 2.24) is 20.4 Å². The molecule has 1 aliphatic carbocycles. The average Bonchev–Trinajstić information content (AvgIpc) is 3.25. The quantitative estimate of drug-likeness (QED) is 0.537. The fourth-order valence-corrected chi connectivity index (χ4v) is 4.37. The SMILES string of the molecule is CC(C)(C)NC(=O)c1ccc(CN2CCN(C(=O)c3ccc(NC(=O)NC4CCC4)c(Cl)c3)CC2)o1. The summed E-state index contributed by atoms with van der Waals surface area (Å²) in [6.45, 7) is 8.84. The number of rotatable bonds is 6. The number of halogens is 1. The number of nitrogens with zero attached hydrogens (tertiary/aromatic N) is 2. The number of urea groups is 1. The van der Waals surface area contributed by atoms with Crippen molar-refractivity contribution in [1.29, 1.82) is 0 Å². The van der Waals surface area contributed by atoms with Gasteiger partial charge in [0.1, 0.15) is 5.76 Å². The van der Waals surface area contributed by atoms with Crippen LogP contribution in [0.2, 0.25) is 5.02 Å². The molecule has 1 aromatic heterocycles. The van der Waals surface area contributed by atoms with Crippen LogP contribution >= 0.6 is 11.6 Å². The molecule has 36 heavy (non-hydrogen) atoms. The van der Waals surface area contributed by atoms with Crippen molar-refractivity contribution in [3.8, 4) is 0 Å². The Hall–Kier alpha value is -3.04. The van der Waals surface area contributed by atoms with E-state index in [0.717, 1.165) is 19.3 Å². The van der Waals surface area contributed by atoms with E-state index in [1.165, 1.54) is 0 Å². The summed E-state index contributed by atoms with van der Waals surface area (Å²) in [5.74, 6) is 0.679. The summed E-state index contributed by atoms with van der Waals surface area (Å²) >= 11 is 6.35. The highest BCUT2D eigenvalue weighted by molar-refractivity contribution is 6.34. The fraction of sp³-hybridized carbons (Fsp3) is 0.500. The maximum atomic E-state index is 13.0. The van der Waals surface area contributed by atoms with Crippen molar-refractivity contribution >= 4 is 35.1 Å². The lowest BCUT2D eigenvalue weighted by atomic mass is 9.93. The summed E-state index contributed by atoms with van der Waals surface area (Å²) < 4.78 is 5.74. The van der Waals surface area contributed by atoms with Crippen LogP contribution in [0.5, 0.6) is 0 Å². The Bertz CT molecular complexity index is 1110. The van der Waals surface area contributed by atoms with E-state index < -0.39 is 0 Å². The third kappa shape index (κ3) is 6.79. The molecular formula is C26H34ClN5O4. The smallest absolute Gasteiger partial charge is 0.319 e. The van der Waals surface area contributed by atoms with Crippen molar-refractivity contribution in [3.05, 3.63) is 52.4 Å². The third-order valence-corrected chi connectivity index (χ3v) is 6.63. The van der Waals surface area contributed by atoms with Crippen molar-refractivity contribution in [2.45, 2.75) is 58.2 Å². The lowest BCUT2D eigenvalue weighted by molar-refractivity contribution is 0.0618. The molecule has 2 heterocycles. The van der Waals surface area contributed by atoms with E-state index in [4.69, 9.17) is 16.0 Å². The van der Waals surface area contributed by atoms with Gasteiger partial charge in [-0.25, -0.2) is 4.79 Å². The normalized spacial score (nSPS) is 16.8. The van der Waals surface area contributed by atoms with E-state index in [0.29, 0.717) is 60.5 Å². The predicted octanol–water partition coefficient (Wildman–Crippen LogP) is 4.09. The summed E-state index contributed by atoms with van der Waals surface area (Å²) in [7, 11) is 0. The highest BCUT2D eigenvalue weighted by Crippen LogP contribution is 2.25. The molecule has 3 N–H and O–H groups in total. The summed E-state index contributed by atoms with van der Waals surface area (Å²) in [4.78, 5) is 41.4. The highest BCUT2D eigenvalue weighted by atomic mass is 35.5. The lowest BCUT2D eigenvalue weighted by Crippen LogP contribution is -2.48. The number of hydrogen-bond acceptors (Lipinski definition) is 5. The second-order valence-corrected chi connectivity index (χ2v) is 10.9. The standard InChI is InChI=1S/C26H34ClN5O4/c1-26(2,3)30-23(33)22-10-8-19(36-22)16-31-11-13-32(14-12-31)24(34)17-7-9-21(20(27)15-17)29-25(35)28-18-5-4-6-18/h7-10,15,18H,4-6,11-14,16H2,1-3H3,(H,30,33)(H2,28,29,35). The van der Waals surface area contributed by atoms with Crippen molar-refractivity contribution in [2.75, 3.05) is 31.5 Å². The Balaban J connectivity index is 1.26. The molecule has 10 heteroatoms. The first-order valence-electron chi connectivity index (χ1n) is 12.4. The second-order valence-electron chi connectivity index (χ2n) is 10.5. The summed E-state index contributed by atoms with van der Waals surface area (Å²) in [6.07, 6.45) is 3.13. The molecule has 1 saturated heterocycles. The number of nitrogens with one attached hydrogen (secondary N) is 3. The van der Waals surface area contributed by atoms with E-state index in [-0.39, 0.29) is 29.4 Å². The largest absolute Gasteiger partial charge is 0.455 e. The van der Waals surface area contributed by atoms with Crippen LogP contribution in [0.1, 0.15) is 66.7 Å². The first-order chi connectivity index (χ1) is 17.1. The van der Waals surface area contributed by atoms with Gasteiger partial charge in [-0.15, -0.1) is 0 Å². The van der Waals surface area contributed by atoms with Gasteiger partial charge in [0.15, 0.2) is 5.76 Å². The van der Waals surface area contributed by atoms with Gasteiger partial charge >= 0.3 is 6.03 Å². The van der Waals surface area contributed by atoms with E-state index in [1.54, 1.807) is 29.2 Å². The molecule has 0 spiro atoms. The predicted molar refractivity (Wildman–Crippen MR) is 138 cm³/mol. The van der Waals surface area contributed by atoms with E-state index >= 15 is 0 Å². The van der Waals surface area contributed by atoms with E-state index in [2.05, 4.69) is 20.9 Å². The highest BCUT2D eigenvalue weighted by Gasteiger charge is 2.25. The van der Waals surface area contributed by atoms with Gasteiger partial charge in [0.05, 0.1) is 17.3 Å². The van der Waals surface area contributed by atoms with Gasteiger partial charge in [-0.05, 0) is 70.4 Å². The molecule has 1 saturated carbocycles. The van der Waals surface area contributed by atoms with Crippen molar-refractivity contribution in [3.63, 3.8) is 0 Å². The molecule has 4 rings (SSSR count). The van der Waals surface area contributed by atoms with Crippen LogP contribution in [0, 0.1) is 0 Å². The van der Waals surface area contributed by atoms with Gasteiger partial charge in [0, 0.05) is 43.3 Å². The van der Waals surface area contributed by atoms with Crippen LogP contribution in [0.4, 0.5) is 10.5 Å². The topological polar surface area (TPSA) is 107 Å². The summed E-state index contributed by atoms with van der Waals surface area (Å²) in [5, 5.41) is 8.88. The number of anilines is 1. The molecule has 2 aromatic rings.